The standard InChI is InChI=1S/C41H81NO5/c1-6-9-12-15-20-24-30-38(31-25-21-16-13-10-7-2)37-39(47-41(44)46-36-29-34-42(4)5)32-26-22-17-18-23-28-35-45-40(43)33-27-19-14-11-8-3/h38-39H,6-37H2,1-5H3. The fourth-order valence-electron chi connectivity index (χ4n) is 6.42. The largest absolute Gasteiger partial charge is 0.508 e. The minimum atomic E-state index is -0.484. The molecule has 6 heteroatoms. The van der Waals surface area contributed by atoms with Crippen molar-refractivity contribution >= 4 is 12.1 Å². The van der Waals surface area contributed by atoms with E-state index in [0.29, 0.717) is 25.6 Å². The molecule has 47 heavy (non-hydrogen) atoms. The summed E-state index contributed by atoms with van der Waals surface area (Å²) in [6, 6.07) is 0. The van der Waals surface area contributed by atoms with Crippen molar-refractivity contribution in [2.24, 2.45) is 5.92 Å². The SMILES string of the molecule is CCCCCCCCC(CCCCCCCC)CC(CCCCCCCCOC(=O)CCCCCCC)OC(=O)OCCCN(C)C. The van der Waals surface area contributed by atoms with Gasteiger partial charge < -0.3 is 19.1 Å². The number of carbonyl (C=O) groups is 2. The van der Waals surface area contributed by atoms with Gasteiger partial charge in [0.25, 0.3) is 0 Å². The van der Waals surface area contributed by atoms with E-state index in [-0.39, 0.29) is 12.1 Å². The molecule has 1 atom stereocenters. The highest BCUT2D eigenvalue weighted by molar-refractivity contribution is 5.69. The lowest BCUT2D eigenvalue weighted by molar-refractivity contribution is -0.143. The summed E-state index contributed by atoms with van der Waals surface area (Å²) in [6.07, 6.45) is 33.6. The summed E-state index contributed by atoms with van der Waals surface area (Å²) in [6.45, 7) is 8.63. The van der Waals surface area contributed by atoms with Crippen molar-refractivity contribution in [3.63, 3.8) is 0 Å². The van der Waals surface area contributed by atoms with Crippen LogP contribution in [-0.2, 0) is 19.0 Å². The zero-order chi connectivity index (χ0) is 34.6. The van der Waals surface area contributed by atoms with Gasteiger partial charge in [-0.2, -0.15) is 0 Å². The molecule has 0 saturated heterocycles. The fourth-order valence-corrected chi connectivity index (χ4v) is 6.42. The van der Waals surface area contributed by atoms with Gasteiger partial charge >= 0.3 is 12.1 Å². The third kappa shape index (κ3) is 34.4. The molecule has 0 N–H and O–H groups in total. The molecule has 0 fully saturated rings. The maximum Gasteiger partial charge on any atom is 0.508 e. The lowest BCUT2D eigenvalue weighted by atomic mass is 9.88. The molecule has 0 aliphatic heterocycles. The molecule has 0 aliphatic carbocycles. The van der Waals surface area contributed by atoms with E-state index in [0.717, 1.165) is 70.8 Å². The normalized spacial score (nSPS) is 12.1. The fraction of sp³-hybridized carbons (Fsp3) is 0.951. The number of rotatable bonds is 36. The van der Waals surface area contributed by atoms with Crippen molar-refractivity contribution in [1.82, 2.24) is 4.90 Å². The first-order chi connectivity index (χ1) is 22.9. The Balaban J connectivity index is 4.68. The molecule has 0 radical (unpaired) electrons. The van der Waals surface area contributed by atoms with E-state index in [1.807, 2.05) is 14.1 Å². The Morgan fingerprint density at radius 1 is 0.511 bits per heavy atom. The summed E-state index contributed by atoms with van der Waals surface area (Å²) in [7, 11) is 4.07. The van der Waals surface area contributed by atoms with Gasteiger partial charge in [0, 0.05) is 13.0 Å². The van der Waals surface area contributed by atoms with Gasteiger partial charge in [0.2, 0.25) is 0 Å². The third-order valence-electron chi connectivity index (χ3n) is 9.43. The van der Waals surface area contributed by atoms with E-state index >= 15 is 0 Å². The molecule has 0 heterocycles. The second kappa shape index (κ2) is 36.0. The average molecular weight is 668 g/mol. The van der Waals surface area contributed by atoms with E-state index in [1.165, 1.54) is 116 Å². The molecule has 0 amide bonds. The van der Waals surface area contributed by atoms with Crippen molar-refractivity contribution in [2.75, 3.05) is 33.9 Å². The van der Waals surface area contributed by atoms with Crippen LogP contribution in [0.4, 0.5) is 4.79 Å². The van der Waals surface area contributed by atoms with Gasteiger partial charge in [-0.1, -0.05) is 162 Å². The van der Waals surface area contributed by atoms with Crippen molar-refractivity contribution in [2.45, 2.75) is 213 Å². The first-order valence-corrected chi connectivity index (χ1v) is 20.6. The molecule has 0 bridgehead atoms. The zero-order valence-corrected chi connectivity index (χ0v) is 32.3. The number of unbranched alkanes of at least 4 members (excludes halogenated alkanes) is 19. The lowest BCUT2D eigenvalue weighted by Crippen LogP contribution is -2.23. The Morgan fingerprint density at radius 2 is 0.957 bits per heavy atom. The summed E-state index contributed by atoms with van der Waals surface area (Å²) in [5.41, 5.74) is 0. The van der Waals surface area contributed by atoms with Crippen LogP contribution in [0, 0.1) is 5.92 Å². The number of esters is 1. The summed E-state index contributed by atoms with van der Waals surface area (Å²) < 4.78 is 16.9. The quantitative estimate of drug-likeness (QED) is 0.0489. The van der Waals surface area contributed by atoms with Crippen LogP contribution < -0.4 is 0 Å². The summed E-state index contributed by atoms with van der Waals surface area (Å²) >= 11 is 0. The molecule has 0 rings (SSSR count). The molecule has 0 aromatic carbocycles. The maximum absolute atomic E-state index is 12.7. The number of ether oxygens (including phenoxy) is 3. The van der Waals surface area contributed by atoms with Crippen molar-refractivity contribution in [3.05, 3.63) is 0 Å². The molecule has 0 spiro atoms. The van der Waals surface area contributed by atoms with Crippen LogP contribution in [0.5, 0.6) is 0 Å². The maximum atomic E-state index is 12.7. The highest BCUT2D eigenvalue weighted by Gasteiger charge is 2.21. The Labute approximate surface area is 293 Å². The highest BCUT2D eigenvalue weighted by Crippen LogP contribution is 2.27. The second-order valence-electron chi connectivity index (χ2n) is 14.5. The minimum absolute atomic E-state index is 0.0324. The van der Waals surface area contributed by atoms with Crippen LogP contribution >= 0.6 is 0 Å². The van der Waals surface area contributed by atoms with Crippen LogP contribution in [0.25, 0.3) is 0 Å². The highest BCUT2D eigenvalue weighted by atomic mass is 16.7. The minimum Gasteiger partial charge on any atom is -0.466 e. The van der Waals surface area contributed by atoms with Crippen LogP contribution in [0.15, 0.2) is 0 Å². The predicted molar refractivity (Wildman–Crippen MR) is 200 cm³/mol. The van der Waals surface area contributed by atoms with Crippen LogP contribution in [0.1, 0.15) is 207 Å². The van der Waals surface area contributed by atoms with E-state index in [1.54, 1.807) is 0 Å². The number of nitrogens with zero attached hydrogens (tertiary/aromatic N) is 1. The van der Waals surface area contributed by atoms with Crippen molar-refractivity contribution < 1.29 is 23.8 Å². The molecule has 6 nitrogen and oxygen atoms in total. The summed E-state index contributed by atoms with van der Waals surface area (Å²) in [5.74, 6) is 0.591. The number of hydrogen-bond acceptors (Lipinski definition) is 6. The van der Waals surface area contributed by atoms with Crippen molar-refractivity contribution in [3.8, 4) is 0 Å². The van der Waals surface area contributed by atoms with Gasteiger partial charge in [-0.05, 0) is 58.5 Å². The van der Waals surface area contributed by atoms with E-state index in [2.05, 4.69) is 25.7 Å². The van der Waals surface area contributed by atoms with Crippen molar-refractivity contribution in [1.29, 1.82) is 0 Å². The monoisotopic (exact) mass is 668 g/mol. The molecule has 1 unspecified atom stereocenters. The van der Waals surface area contributed by atoms with Gasteiger partial charge in [0.05, 0.1) is 13.2 Å². The second-order valence-corrected chi connectivity index (χ2v) is 14.5. The summed E-state index contributed by atoms with van der Waals surface area (Å²) in [5, 5.41) is 0. The van der Waals surface area contributed by atoms with Gasteiger partial charge in [-0.3, -0.25) is 4.79 Å². The smallest absolute Gasteiger partial charge is 0.466 e. The lowest BCUT2D eigenvalue weighted by Gasteiger charge is -2.24. The molecule has 0 aliphatic rings. The van der Waals surface area contributed by atoms with Crippen LogP contribution in [-0.4, -0.2) is 57.0 Å². The molecule has 280 valence electrons. The third-order valence-corrected chi connectivity index (χ3v) is 9.43. The van der Waals surface area contributed by atoms with Gasteiger partial charge in [0.1, 0.15) is 6.10 Å². The van der Waals surface area contributed by atoms with Crippen LogP contribution in [0.3, 0.4) is 0 Å². The number of carbonyl (C=O) groups excluding carboxylic acids is 2. The Hall–Kier alpha value is -1.30. The van der Waals surface area contributed by atoms with Crippen LogP contribution in [0.2, 0.25) is 0 Å². The Kier molecular flexibility index (Phi) is 35.0. The Morgan fingerprint density at radius 3 is 1.49 bits per heavy atom. The molecule has 0 aromatic rings. The Bertz CT molecular complexity index is 654. The van der Waals surface area contributed by atoms with E-state index < -0.39 is 6.16 Å². The van der Waals surface area contributed by atoms with Gasteiger partial charge in [0.15, 0.2) is 0 Å². The number of hydrogen-bond donors (Lipinski definition) is 0. The van der Waals surface area contributed by atoms with Gasteiger partial charge in [-0.15, -0.1) is 0 Å². The molecule has 0 aromatic heterocycles. The van der Waals surface area contributed by atoms with E-state index in [4.69, 9.17) is 14.2 Å². The molecular weight excluding hydrogens is 586 g/mol. The molecule has 0 saturated carbocycles. The summed E-state index contributed by atoms with van der Waals surface area (Å²) in [4.78, 5) is 26.7. The van der Waals surface area contributed by atoms with E-state index in [9.17, 15) is 9.59 Å². The zero-order valence-electron chi connectivity index (χ0n) is 32.3. The average Bonchev–Trinajstić information content (AvgIpc) is 3.05. The first kappa shape index (κ1) is 45.7. The molecular formula is C41H81NO5. The topological polar surface area (TPSA) is 65.1 Å². The van der Waals surface area contributed by atoms with Gasteiger partial charge in [-0.25, -0.2) is 4.79 Å². The first-order valence-electron chi connectivity index (χ1n) is 20.6. The predicted octanol–water partition coefficient (Wildman–Crippen LogP) is 12.6.